The molecule has 1 aromatic carbocycles. The van der Waals surface area contributed by atoms with E-state index in [4.69, 9.17) is 0 Å². The fourth-order valence-corrected chi connectivity index (χ4v) is 2.33. The highest BCUT2D eigenvalue weighted by Crippen LogP contribution is 2.16. The molecule has 0 fully saturated rings. The zero-order valence-electron chi connectivity index (χ0n) is 11.2. The first-order valence-corrected chi connectivity index (χ1v) is 7.25. The predicted molar refractivity (Wildman–Crippen MR) is 81.1 cm³/mol. The summed E-state index contributed by atoms with van der Waals surface area (Å²) in [5, 5.41) is 13.5. The molecule has 0 saturated carbocycles. The number of rotatable bonds is 6. The van der Waals surface area contributed by atoms with Crippen LogP contribution in [0.5, 0.6) is 0 Å². The minimum absolute atomic E-state index is 0.233. The van der Waals surface area contributed by atoms with Gasteiger partial charge in [-0.1, -0.05) is 18.2 Å². The molecular formula is C14H16N4OS. The van der Waals surface area contributed by atoms with Crippen molar-refractivity contribution in [2.75, 3.05) is 24.7 Å². The monoisotopic (exact) mass is 288 g/mol. The summed E-state index contributed by atoms with van der Waals surface area (Å²) in [6.45, 7) is 0.785. The van der Waals surface area contributed by atoms with Crippen molar-refractivity contribution >= 4 is 23.5 Å². The van der Waals surface area contributed by atoms with Crippen LogP contribution in [0.2, 0.25) is 0 Å². The maximum atomic E-state index is 11.3. The SMILES string of the molecule is CNC(=O)c1ccc(NCCSc2ccccc2)nn1. The third kappa shape index (κ3) is 4.24. The average Bonchev–Trinajstić information content (AvgIpc) is 2.52. The van der Waals surface area contributed by atoms with Crippen molar-refractivity contribution in [3.05, 3.63) is 48.2 Å². The van der Waals surface area contributed by atoms with Crippen molar-refractivity contribution in [2.24, 2.45) is 0 Å². The van der Waals surface area contributed by atoms with Gasteiger partial charge in [0.25, 0.3) is 5.91 Å². The molecule has 2 aromatic rings. The number of benzene rings is 1. The van der Waals surface area contributed by atoms with E-state index >= 15 is 0 Å². The molecule has 0 aliphatic carbocycles. The minimum atomic E-state index is -0.233. The molecule has 0 saturated heterocycles. The molecule has 0 spiro atoms. The van der Waals surface area contributed by atoms with Gasteiger partial charge in [0.1, 0.15) is 5.82 Å². The Kier molecular flexibility index (Phi) is 5.37. The minimum Gasteiger partial charge on any atom is -0.368 e. The number of hydrogen-bond donors (Lipinski definition) is 2. The van der Waals surface area contributed by atoms with Crippen molar-refractivity contribution in [2.45, 2.75) is 4.90 Å². The predicted octanol–water partition coefficient (Wildman–Crippen LogP) is 2.04. The van der Waals surface area contributed by atoms with Crippen LogP contribution in [0.1, 0.15) is 10.5 Å². The molecule has 20 heavy (non-hydrogen) atoms. The Hall–Kier alpha value is -2.08. The molecule has 0 atom stereocenters. The highest BCUT2D eigenvalue weighted by molar-refractivity contribution is 7.99. The maximum absolute atomic E-state index is 11.3. The van der Waals surface area contributed by atoms with E-state index in [1.807, 2.05) is 18.2 Å². The molecule has 104 valence electrons. The Morgan fingerprint density at radius 2 is 1.95 bits per heavy atom. The van der Waals surface area contributed by atoms with Crippen LogP contribution in [-0.2, 0) is 0 Å². The second-order valence-electron chi connectivity index (χ2n) is 3.97. The molecule has 2 N–H and O–H groups in total. The lowest BCUT2D eigenvalue weighted by Gasteiger charge is -2.05. The standard InChI is InChI=1S/C14H16N4OS/c1-15-14(19)12-7-8-13(18-17-12)16-9-10-20-11-5-3-2-4-6-11/h2-8H,9-10H2,1H3,(H,15,19)(H,16,18). The van der Waals surface area contributed by atoms with E-state index in [-0.39, 0.29) is 5.91 Å². The van der Waals surface area contributed by atoms with Gasteiger partial charge in [-0.2, -0.15) is 0 Å². The van der Waals surface area contributed by atoms with Crippen molar-refractivity contribution in [1.29, 1.82) is 0 Å². The van der Waals surface area contributed by atoms with Crippen LogP contribution in [0.25, 0.3) is 0 Å². The van der Waals surface area contributed by atoms with E-state index in [0.717, 1.165) is 12.3 Å². The van der Waals surface area contributed by atoms with Gasteiger partial charge in [0.2, 0.25) is 0 Å². The summed E-state index contributed by atoms with van der Waals surface area (Å²) in [4.78, 5) is 12.6. The number of anilines is 1. The normalized spacial score (nSPS) is 10.1. The van der Waals surface area contributed by atoms with Crippen LogP contribution in [-0.4, -0.2) is 35.4 Å². The van der Waals surface area contributed by atoms with Crippen molar-refractivity contribution < 1.29 is 4.79 Å². The third-order valence-corrected chi connectivity index (χ3v) is 3.56. The van der Waals surface area contributed by atoms with Crippen LogP contribution in [0.3, 0.4) is 0 Å². The van der Waals surface area contributed by atoms with Crippen molar-refractivity contribution in [3.8, 4) is 0 Å². The number of carbonyl (C=O) groups is 1. The molecule has 1 amide bonds. The lowest BCUT2D eigenvalue weighted by Crippen LogP contribution is -2.19. The smallest absolute Gasteiger partial charge is 0.271 e. The van der Waals surface area contributed by atoms with Gasteiger partial charge in [-0.15, -0.1) is 22.0 Å². The van der Waals surface area contributed by atoms with Gasteiger partial charge in [0.15, 0.2) is 5.69 Å². The lowest BCUT2D eigenvalue weighted by atomic mass is 10.3. The highest BCUT2D eigenvalue weighted by Gasteiger charge is 2.04. The number of amides is 1. The summed E-state index contributed by atoms with van der Waals surface area (Å²) < 4.78 is 0. The molecule has 0 aliphatic rings. The van der Waals surface area contributed by atoms with Gasteiger partial charge in [-0.25, -0.2) is 0 Å². The van der Waals surface area contributed by atoms with Gasteiger partial charge in [-0.3, -0.25) is 4.79 Å². The molecule has 1 aromatic heterocycles. The molecule has 0 aliphatic heterocycles. The first kappa shape index (κ1) is 14.3. The fourth-order valence-electron chi connectivity index (χ4n) is 1.54. The number of thioether (sulfide) groups is 1. The largest absolute Gasteiger partial charge is 0.368 e. The summed E-state index contributed by atoms with van der Waals surface area (Å²) in [5.41, 5.74) is 0.316. The van der Waals surface area contributed by atoms with Crippen LogP contribution in [0.4, 0.5) is 5.82 Å². The molecular weight excluding hydrogens is 272 g/mol. The highest BCUT2D eigenvalue weighted by atomic mass is 32.2. The fraction of sp³-hybridized carbons (Fsp3) is 0.214. The maximum Gasteiger partial charge on any atom is 0.271 e. The van der Waals surface area contributed by atoms with E-state index < -0.39 is 0 Å². The number of nitrogens with one attached hydrogen (secondary N) is 2. The summed E-state index contributed by atoms with van der Waals surface area (Å²) in [6.07, 6.45) is 0. The van der Waals surface area contributed by atoms with Gasteiger partial charge in [0.05, 0.1) is 0 Å². The van der Waals surface area contributed by atoms with Gasteiger partial charge in [-0.05, 0) is 24.3 Å². The zero-order valence-corrected chi connectivity index (χ0v) is 12.0. The van der Waals surface area contributed by atoms with E-state index in [0.29, 0.717) is 11.5 Å². The molecule has 1 heterocycles. The molecule has 6 heteroatoms. The zero-order chi connectivity index (χ0) is 14.2. The quantitative estimate of drug-likeness (QED) is 0.629. The third-order valence-electron chi connectivity index (χ3n) is 2.54. The molecule has 0 bridgehead atoms. The van der Waals surface area contributed by atoms with E-state index in [1.165, 1.54) is 4.90 Å². The van der Waals surface area contributed by atoms with E-state index in [9.17, 15) is 4.79 Å². The second-order valence-corrected chi connectivity index (χ2v) is 5.14. The van der Waals surface area contributed by atoms with Gasteiger partial charge in [0, 0.05) is 24.2 Å². The molecule has 5 nitrogen and oxygen atoms in total. The summed E-state index contributed by atoms with van der Waals surface area (Å²) in [7, 11) is 1.57. The Morgan fingerprint density at radius 1 is 1.15 bits per heavy atom. The number of aromatic nitrogens is 2. The number of nitrogens with zero attached hydrogens (tertiary/aromatic N) is 2. The first-order chi connectivity index (χ1) is 9.79. The van der Waals surface area contributed by atoms with Crippen molar-refractivity contribution in [3.63, 3.8) is 0 Å². The van der Waals surface area contributed by atoms with E-state index in [1.54, 1.807) is 30.9 Å². The Labute approximate surface area is 122 Å². The van der Waals surface area contributed by atoms with Crippen LogP contribution >= 0.6 is 11.8 Å². The number of hydrogen-bond acceptors (Lipinski definition) is 5. The second kappa shape index (κ2) is 7.49. The summed E-state index contributed by atoms with van der Waals surface area (Å²) in [5.74, 6) is 1.37. The Balaban J connectivity index is 1.75. The first-order valence-electron chi connectivity index (χ1n) is 6.27. The number of carbonyl (C=O) groups excluding carboxylic acids is 1. The lowest BCUT2D eigenvalue weighted by molar-refractivity contribution is 0.0957. The summed E-state index contributed by atoms with van der Waals surface area (Å²) in [6, 6.07) is 13.6. The van der Waals surface area contributed by atoms with E-state index in [2.05, 4.69) is 33.0 Å². The molecule has 0 radical (unpaired) electrons. The van der Waals surface area contributed by atoms with Gasteiger partial charge < -0.3 is 10.6 Å². The van der Waals surface area contributed by atoms with Crippen LogP contribution in [0, 0.1) is 0 Å². The van der Waals surface area contributed by atoms with Gasteiger partial charge >= 0.3 is 0 Å². The summed E-state index contributed by atoms with van der Waals surface area (Å²) >= 11 is 1.78. The Morgan fingerprint density at radius 3 is 2.60 bits per heavy atom. The Bertz CT molecular complexity index is 545. The molecule has 0 unspecified atom stereocenters. The van der Waals surface area contributed by atoms with Crippen LogP contribution < -0.4 is 10.6 Å². The topological polar surface area (TPSA) is 66.9 Å². The van der Waals surface area contributed by atoms with Crippen LogP contribution in [0.15, 0.2) is 47.4 Å². The molecule has 2 rings (SSSR count). The average molecular weight is 288 g/mol. The van der Waals surface area contributed by atoms with Crippen molar-refractivity contribution in [1.82, 2.24) is 15.5 Å².